The van der Waals surface area contributed by atoms with E-state index >= 15 is 0 Å². The van der Waals surface area contributed by atoms with Crippen LogP contribution >= 0.6 is 34.8 Å². The van der Waals surface area contributed by atoms with Crippen LogP contribution in [0, 0.1) is 0 Å². The molecule has 8 heteroatoms. The summed E-state index contributed by atoms with van der Waals surface area (Å²) in [6.07, 6.45) is 0. The molecule has 5 nitrogen and oxygen atoms in total. The monoisotopic (exact) mass is 381 g/mol. The van der Waals surface area contributed by atoms with Crippen LogP contribution in [0.25, 0.3) is 10.9 Å². The molecule has 0 spiro atoms. The molecule has 0 aliphatic carbocycles. The van der Waals surface area contributed by atoms with Gasteiger partial charge in [0.15, 0.2) is 0 Å². The van der Waals surface area contributed by atoms with Crippen LogP contribution < -0.4 is 10.9 Å². The number of carbonyl (C=O) groups is 1. The zero-order valence-corrected chi connectivity index (χ0v) is 14.6. The van der Waals surface area contributed by atoms with Gasteiger partial charge in [0.2, 0.25) is 11.9 Å². The van der Waals surface area contributed by atoms with Crippen LogP contribution in [0.2, 0.25) is 15.1 Å². The van der Waals surface area contributed by atoms with Gasteiger partial charge in [0.05, 0.1) is 10.9 Å². The van der Waals surface area contributed by atoms with E-state index in [0.29, 0.717) is 31.7 Å². The van der Waals surface area contributed by atoms with Crippen molar-refractivity contribution in [2.24, 2.45) is 0 Å². The van der Waals surface area contributed by atoms with Gasteiger partial charge < -0.3 is 5.32 Å². The molecule has 24 heavy (non-hydrogen) atoms. The van der Waals surface area contributed by atoms with Crippen molar-refractivity contribution in [2.45, 2.75) is 6.92 Å². The first kappa shape index (κ1) is 16.8. The summed E-state index contributed by atoms with van der Waals surface area (Å²) in [4.78, 5) is 28.9. The minimum absolute atomic E-state index is 0.0561. The van der Waals surface area contributed by atoms with Gasteiger partial charge in [-0.05, 0) is 36.4 Å². The predicted octanol–water partition coefficient (Wildman–Crippen LogP) is 4.76. The Kier molecular flexibility index (Phi) is 4.49. The van der Waals surface area contributed by atoms with Gasteiger partial charge in [0, 0.05) is 27.7 Å². The molecule has 0 amide bonds. The average molecular weight is 383 g/mol. The van der Waals surface area contributed by atoms with E-state index in [9.17, 15) is 9.59 Å². The standard InChI is InChI=1S/C16H10Cl3N3O2/c1-8(23)22-15(24)13-3-2-9(17)7-14(13)21-16(22)20-12-5-10(18)4-11(19)6-12/h2-7H,1H3,(H,20,21). The van der Waals surface area contributed by atoms with Crippen molar-refractivity contribution in [1.29, 1.82) is 0 Å². The van der Waals surface area contributed by atoms with Crippen LogP contribution in [-0.2, 0) is 0 Å². The van der Waals surface area contributed by atoms with Gasteiger partial charge in [-0.3, -0.25) is 9.59 Å². The molecule has 0 unspecified atom stereocenters. The molecule has 0 radical (unpaired) electrons. The van der Waals surface area contributed by atoms with E-state index in [1.807, 2.05) is 0 Å². The molecule has 0 aliphatic heterocycles. The van der Waals surface area contributed by atoms with E-state index in [2.05, 4.69) is 10.3 Å². The Morgan fingerprint density at radius 3 is 2.33 bits per heavy atom. The predicted molar refractivity (Wildman–Crippen MR) is 97.1 cm³/mol. The van der Waals surface area contributed by atoms with Gasteiger partial charge in [-0.25, -0.2) is 9.55 Å². The number of carbonyl (C=O) groups excluding carboxylic acids is 1. The fraction of sp³-hybridized carbons (Fsp3) is 0.0625. The molecular formula is C16H10Cl3N3O2. The molecule has 122 valence electrons. The second-order valence-electron chi connectivity index (χ2n) is 5.04. The third-order valence-corrected chi connectivity index (χ3v) is 3.94. The Morgan fingerprint density at radius 1 is 1.04 bits per heavy atom. The fourth-order valence-corrected chi connectivity index (χ4v) is 2.98. The van der Waals surface area contributed by atoms with Gasteiger partial charge in [-0.1, -0.05) is 34.8 Å². The summed E-state index contributed by atoms with van der Waals surface area (Å²) >= 11 is 17.9. The Bertz CT molecular complexity index is 1010. The lowest BCUT2D eigenvalue weighted by Crippen LogP contribution is -2.28. The molecule has 0 saturated heterocycles. The van der Waals surface area contributed by atoms with Crippen molar-refractivity contribution >= 4 is 63.2 Å². The highest BCUT2D eigenvalue weighted by Crippen LogP contribution is 2.25. The van der Waals surface area contributed by atoms with E-state index in [0.717, 1.165) is 4.57 Å². The number of aromatic nitrogens is 2. The summed E-state index contributed by atoms with van der Waals surface area (Å²) in [6.45, 7) is 1.28. The summed E-state index contributed by atoms with van der Waals surface area (Å²) in [5.74, 6) is -0.416. The first-order valence-electron chi connectivity index (χ1n) is 6.81. The zero-order chi connectivity index (χ0) is 17.4. The summed E-state index contributed by atoms with van der Waals surface area (Å²) < 4.78 is 0.949. The fourth-order valence-electron chi connectivity index (χ4n) is 2.29. The van der Waals surface area contributed by atoms with Gasteiger partial charge in [0.1, 0.15) is 0 Å². The van der Waals surface area contributed by atoms with Gasteiger partial charge in [-0.2, -0.15) is 0 Å². The maximum absolute atomic E-state index is 12.6. The quantitative estimate of drug-likeness (QED) is 0.694. The number of hydrogen-bond acceptors (Lipinski definition) is 4. The zero-order valence-electron chi connectivity index (χ0n) is 12.3. The van der Waals surface area contributed by atoms with Crippen LogP contribution in [0.3, 0.4) is 0 Å². The van der Waals surface area contributed by atoms with Crippen molar-refractivity contribution in [3.8, 4) is 0 Å². The lowest BCUT2D eigenvalue weighted by molar-refractivity contribution is 0.0934. The molecule has 0 fully saturated rings. The molecule has 1 N–H and O–H groups in total. The van der Waals surface area contributed by atoms with E-state index in [4.69, 9.17) is 34.8 Å². The molecule has 0 saturated carbocycles. The first-order chi connectivity index (χ1) is 11.3. The van der Waals surface area contributed by atoms with Crippen LogP contribution in [0.15, 0.2) is 41.2 Å². The molecule has 0 bridgehead atoms. The second kappa shape index (κ2) is 6.43. The highest BCUT2D eigenvalue weighted by Gasteiger charge is 2.15. The van der Waals surface area contributed by atoms with Crippen molar-refractivity contribution in [2.75, 3.05) is 5.32 Å². The topological polar surface area (TPSA) is 64.0 Å². The smallest absolute Gasteiger partial charge is 0.269 e. The summed E-state index contributed by atoms with van der Waals surface area (Å²) in [7, 11) is 0. The Morgan fingerprint density at radius 2 is 1.71 bits per heavy atom. The molecule has 2 aromatic carbocycles. The van der Waals surface area contributed by atoms with Crippen LogP contribution in [0.4, 0.5) is 11.6 Å². The largest absolute Gasteiger partial charge is 0.325 e. The van der Waals surface area contributed by atoms with E-state index < -0.39 is 11.5 Å². The number of benzene rings is 2. The molecule has 0 atom stereocenters. The minimum Gasteiger partial charge on any atom is -0.325 e. The van der Waals surface area contributed by atoms with Crippen molar-refractivity contribution in [3.63, 3.8) is 0 Å². The third kappa shape index (κ3) is 3.24. The number of halogens is 3. The number of fused-ring (bicyclic) bond motifs is 1. The average Bonchev–Trinajstić information content (AvgIpc) is 2.45. The number of nitrogens with zero attached hydrogens (tertiary/aromatic N) is 2. The summed E-state index contributed by atoms with van der Waals surface area (Å²) in [6, 6.07) is 9.44. The summed E-state index contributed by atoms with van der Waals surface area (Å²) in [5, 5.41) is 4.46. The normalized spacial score (nSPS) is 10.8. The number of rotatable bonds is 2. The van der Waals surface area contributed by atoms with E-state index in [-0.39, 0.29) is 5.95 Å². The van der Waals surface area contributed by atoms with Crippen LogP contribution in [0.5, 0.6) is 0 Å². The SMILES string of the molecule is CC(=O)n1c(Nc2cc(Cl)cc(Cl)c2)nc2cc(Cl)ccc2c1=O. The Balaban J connectivity index is 2.23. The Hall–Kier alpha value is -2.08. The second-order valence-corrected chi connectivity index (χ2v) is 6.35. The Labute approximate surface area is 151 Å². The third-order valence-electron chi connectivity index (χ3n) is 3.27. The van der Waals surface area contributed by atoms with Crippen molar-refractivity contribution in [1.82, 2.24) is 9.55 Å². The van der Waals surface area contributed by atoms with Crippen molar-refractivity contribution in [3.05, 3.63) is 61.8 Å². The van der Waals surface area contributed by atoms with E-state index in [1.165, 1.54) is 13.0 Å². The molecule has 0 aliphatic rings. The molecule has 3 rings (SSSR count). The molecule has 1 heterocycles. The number of nitrogens with one attached hydrogen (secondary N) is 1. The number of anilines is 2. The first-order valence-corrected chi connectivity index (χ1v) is 7.95. The van der Waals surface area contributed by atoms with Crippen LogP contribution in [0.1, 0.15) is 11.7 Å². The van der Waals surface area contributed by atoms with Crippen LogP contribution in [-0.4, -0.2) is 15.5 Å². The van der Waals surface area contributed by atoms with Crippen molar-refractivity contribution < 1.29 is 4.79 Å². The maximum atomic E-state index is 12.6. The highest BCUT2D eigenvalue weighted by atomic mass is 35.5. The van der Waals surface area contributed by atoms with Gasteiger partial charge in [0.25, 0.3) is 5.56 Å². The summed E-state index contributed by atoms with van der Waals surface area (Å²) in [5.41, 5.74) is 0.385. The van der Waals surface area contributed by atoms with Gasteiger partial charge >= 0.3 is 0 Å². The van der Waals surface area contributed by atoms with E-state index in [1.54, 1.807) is 30.3 Å². The minimum atomic E-state index is -0.486. The molecule has 1 aromatic heterocycles. The lowest BCUT2D eigenvalue weighted by atomic mass is 10.2. The number of hydrogen-bond donors (Lipinski definition) is 1. The molecular weight excluding hydrogens is 373 g/mol. The maximum Gasteiger partial charge on any atom is 0.269 e. The molecule has 3 aromatic rings. The van der Waals surface area contributed by atoms with Gasteiger partial charge in [-0.15, -0.1) is 0 Å². The highest BCUT2D eigenvalue weighted by molar-refractivity contribution is 6.35. The lowest BCUT2D eigenvalue weighted by Gasteiger charge is -2.13.